The number of sulfonamides is 1. The molecule has 0 fully saturated rings. The summed E-state index contributed by atoms with van der Waals surface area (Å²) in [4.78, 5) is 2.44. The number of halogens is 1. The summed E-state index contributed by atoms with van der Waals surface area (Å²) in [7, 11) is -2.23. The monoisotopic (exact) mass is 458 g/mol. The SMILES string of the molecule is COc1cc(/C=N/NS(=O)(=O)c2ccc(C)cc2C)ccc1OCc1cccc(Cl)c1. The van der Waals surface area contributed by atoms with Gasteiger partial charge in [-0.25, -0.2) is 4.83 Å². The Balaban J connectivity index is 1.69. The second-order valence-electron chi connectivity index (χ2n) is 6.95. The third-order valence-corrected chi connectivity index (χ3v) is 6.10. The van der Waals surface area contributed by atoms with E-state index >= 15 is 0 Å². The van der Waals surface area contributed by atoms with Crippen molar-refractivity contribution in [1.82, 2.24) is 4.83 Å². The maximum Gasteiger partial charge on any atom is 0.276 e. The Hall–Kier alpha value is -3.03. The van der Waals surface area contributed by atoms with E-state index in [4.69, 9.17) is 21.1 Å². The first-order chi connectivity index (χ1) is 14.8. The molecule has 0 bridgehead atoms. The van der Waals surface area contributed by atoms with Crippen molar-refractivity contribution in [2.45, 2.75) is 25.3 Å². The number of aryl methyl sites for hydroxylation is 2. The fraction of sp³-hybridized carbons (Fsp3) is 0.174. The lowest BCUT2D eigenvalue weighted by molar-refractivity contribution is 0.284. The lowest BCUT2D eigenvalue weighted by atomic mass is 10.2. The lowest BCUT2D eigenvalue weighted by Gasteiger charge is -2.11. The summed E-state index contributed by atoms with van der Waals surface area (Å²) in [5, 5.41) is 4.53. The van der Waals surface area contributed by atoms with Gasteiger partial charge >= 0.3 is 0 Å². The predicted molar refractivity (Wildman–Crippen MR) is 123 cm³/mol. The van der Waals surface area contributed by atoms with Crippen molar-refractivity contribution in [3.63, 3.8) is 0 Å². The number of methoxy groups -OCH3 is 1. The molecule has 0 aliphatic rings. The minimum absolute atomic E-state index is 0.192. The van der Waals surface area contributed by atoms with Gasteiger partial charge in [-0.3, -0.25) is 0 Å². The standard InChI is InChI=1S/C23H23ClN2O4S/c1-16-7-10-23(17(2)11-16)31(27,28)26-25-14-18-8-9-21(22(13-18)29-3)30-15-19-5-4-6-20(24)12-19/h4-14,26H,15H2,1-3H3/b25-14+. The Morgan fingerprint density at radius 1 is 1.03 bits per heavy atom. The van der Waals surface area contributed by atoms with Crippen LogP contribution < -0.4 is 14.3 Å². The molecule has 1 N–H and O–H groups in total. The van der Waals surface area contributed by atoms with Crippen LogP contribution >= 0.6 is 11.6 Å². The van der Waals surface area contributed by atoms with Gasteiger partial charge in [0.25, 0.3) is 10.0 Å². The number of nitrogens with one attached hydrogen (secondary N) is 1. The van der Waals surface area contributed by atoms with Crippen LogP contribution in [0.4, 0.5) is 0 Å². The molecular weight excluding hydrogens is 436 g/mol. The first-order valence-electron chi connectivity index (χ1n) is 9.46. The zero-order valence-electron chi connectivity index (χ0n) is 17.4. The van der Waals surface area contributed by atoms with Crippen molar-refractivity contribution in [1.29, 1.82) is 0 Å². The van der Waals surface area contributed by atoms with Gasteiger partial charge in [-0.05, 0) is 66.9 Å². The highest BCUT2D eigenvalue weighted by atomic mass is 35.5. The molecular formula is C23H23ClN2O4S. The van der Waals surface area contributed by atoms with E-state index in [0.717, 1.165) is 11.1 Å². The maximum absolute atomic E-state index is 12.5. The molecule has 0 heterocycles. The van der Waals surface area contributed by atoms with E-state index in [9.17, 15) is 8.42 Å². The highest BCUT2D eigenvalue weighted by Crippen LogP contribution is 2.28. The van der Waals surface area contributed by atoms with Crippen LogP contribution in [0, 0.1) is 13.8 Å². The quantitative estimate of drug-likeness (QED) is 0.386. The molecule has 162 valence electrons. The first-order valence-corrected chi connectivity index (χ1v) is 11.3. The maximum atomic E-state index is 12.5. The number of hydrazone groups is 1. The lowest BCUT2D eigenvalue weighted by Crippen LogP contribution is -2.19. The van der Waals surface area contributed by atoms with Gasteiger partial charge in [0.1, 0.15) is 6.61 Å². The Morgan fingerprint density at radius 2 is 1.84 bits per heavy atom. The molecule has 31 heavy (non-hydrogen) atoms. The molecule has 3 aromatic rings. The summed E-state index contributed by atoms with van der Waals surface area (Å²) in [5.74, 6) is 1.05. The molecule has 6 nitrogen and oxygen atoms in total. The van der Waals surface area contributed by atoms with Crippen molar-refractivity contribution in [3.05, 3.63) is 87.9 Å². The Kier molecular flexibility index (Phi) is 7.20. The van der Waals surface area contributed by atoms with Crippen molar-refractivity contribution in [3.8, 4) is 11.5 Å². The van der Waals surface area contributed by atoms with E-state index in [2.05, 4.69) is 9.93 Å². The van der Waals surface area contributed by atoms with Gasteiger partial charge in [0.2, 0.25) is 0 Å². The molecule has 0 aliphatic heterocycles. The van der Waals surface area contributed by atoms with Gasteiger partial charge < -0.3 is 9.47 Å². The zero-order chi connectivity index (χ0) is 22.4. The topological polar surface area (TPSA) is 77.0 Å². The average Bonchev–Trinajstić information content (AvgIpc) is 2.72. The van der Waals surface area contributed by atoms with Crippen molar-refractivity contribution < 1.29 is 17.9 Å². The summed E-state index contributed by atoms with van der Waals surface area (Å²) >= 11 is 6.00. The number of hydrogen-bond donors (Lipinski definition) is 1. The normalized spacial score (nSPS) is 11.5. The van der Waals surface area contributed by atoms with Crippen molar-refractivity contribution in [2.75, 3.05) is 7.11 Å². The number of hydrogen-bond acceptors (Lipinski definition) is 5. The summed E-state index contributed by atoms with van der Waals surface area (Å²) < 4.78 is 36.2. The molecule has 0 aromatic heterocycles. The Bertz CT molecular complexity index is 1210. The van der Waals surface area contributed by atoms with Gasteiger partial charge in [0, 0.05) is 5.02 Å². The van der Waals surface area contributed by atoms with Crippen molar-refractivity contribution in [2.24, 2.45) is 5.10 Å². The summed E-state index contributed by atoms with van der Waals surface area (Å²) in [6.45, 7) is 3.99. The van der Waals surface area contributed by atoms with Crippen LogP contribution in [-0.2, 0) is 16.6 Å². The molecule has 0 saturated heterocycles. The molecule has 0 amide bonds. The van der Waals surface area contributed by atoms with E-state index in [1.54, 1.807) is 43.3 Å². The second kappa shape index (κ2) is 9.85. The minimum atomic E-state index is -3.76. The Morgan fingerprint density at radius 3 is 2.55 bits per heavy atom. The predicted octanol–water partition coefficient (Wildman–Crippen LogP) is 4.86. The van der Waals surface area contributed by atoms with Gasteiger partial charge in [0.05, 0.1) is 18.2 Å². The third-order valence-electron chi connectivity index (χ3n) is 4.48. The van der Waals surface area contributed by atoms with E-state index in [1.165, 1.54) is 13.3 Å². The van der Waals surface area contributed by atoms with Crippen LogP contribution in [0.2, 0.25) is 5.02 Å². The fourth-order valence-corrected chi connectivity index (χ4v) is 4.22. The van der Waals surface area contributed by atoms with Gasteiger partial charge in [-0.2, -0.15) is 13.5 Å². The molecule has 8 heteroatoms. The smallest absolute Gasteiger partial charge is 0.276 e. The van der Waals surface area contributed by atoms with Crippen LogP contribution in [0.25, 0.3) is 0 Å². The van der Waals surface area contributed by atoms with Crippen LogP contribution in [0.5, 0.6) is 11.5 Å². The van der Waals surface area contributed by atoms with Gasteiger partial charge in [-0.1, -0.05) is 41.4 Å². The molecule has 0 radical (unpaired) electrons. The summed E-state index contributed by atoms with van der Waals surface area (Å²) in [6, 6.07) is 17.7. The molecule has 3 rings (SSSR count). The van der Waals surface area contributed by atoms with Crippen LogP contribution in [0.3, 0.4) is 0 Å². The van der Waals surface area contributed by atoms with Gasteiger partial charge in [0.15, 0.2) is 11.5 Å². The highest BCUT2D eigenvalue weighted by molar-refractivity contribution is 7.89. The minimum Gasteiger partial charge on any atom is -0.493 e. The molecule has 0 atom stereocenters. The van der Waals surface area contributed by atoms with E-state index in [0.29, 0.717) is 34.3 Å². The van der Waals surface area contributed by atoms with E-state index in [-0.39, 0.29) is 4.90 Å². The first kappa shape index (κ1) is 22.7. The Labute approximate surface area is 187 Å². The van der Waals surface area contributed by atoms with E-state index in [1.807, 2.05) is 31.2 Å². The summed E-state index contributed by atoms with van der Waals surface area (Å²) in [6.07, 6.45) is 1.41. The molecule has 0 spiro atoms. The van der Waals surface area contributed by atoms with Crippen LogP contribution in [-0.4, -0.2) is 21.7 Å². The number of ether oxygens (including phenoxy) is 2. The molecule has 3 aromatic carbocycles. The fourth-order valence-electron chi connectivity index (χ4n) is 2.99. The average molecular weight is 459 g/mol. The van der Waals surface area contributed by atoms with Crippen molar-refractivity contribution >= 4 is 27.8 Å². The summed E-state index contributed by atoms with van der Waals surface area (Å²) in [5.41, 5.74) is 3.23. The molecule has 0 saturated carbocycles. The third kappa shape index (κ3) is 5.99. The van der Waals surface area contributed by atoms with Gasteiger partial charge in [-0.15, -0.1) is 0 Å². The van der Waals surface area contributed by atoms with Crippen LogP contribution in [0.1, 0.15) is 22.3 Å². The second-order valence-corrected chi connectivity index (χ2v) is 9.02. The van der Waals surface area contributed by atoms with E-state index < -0.39 is 10.0 Å². The number of nitrogens with zero attached hydrogens (tertiary/aromatic N) is 1. The molecule has 0 unspecified atom stereocenters. The highest BCUT2D eigenvalue weighted by Gasteiger charge is 2.15. The number of rotatable bonds is 8. The van der Waals surface area contributed by atoms with Crippen LogP contribution in [0.15, 0.2) is 70.7 Å². The zero-order valence-corrected chi connectivity index (χ0v) is 19.0. The molecule has 0 aliphatic carbocycles. The number of benzene rings is 3. The largest absolute Gasteiger partial charge is 0.493 e.